The largest absolute Gasteiger partial charge is 0.208 e. The fourth-order valence-electron chi connectivity index (χ4n) is 9.62. The number of nitrogens with zero attached hydrogens (tertiary/aromatic N) is 3. The first kappa shape index (κ1) is 35.7. The fraction of sp³-hybridized carbons (Fsp3) is 0.0702. The van der Waals surface area contributed by atoms with Gasteiger partial charge in [0.15, 0.2) is 17.5 Å². The number of aryl methyl sites for hydroxylation is 1. The Balaban J connectivity index is 0.992. The summed E-state index contributed by atoms with van der Waals surface area (Å²) in [5, 5.41) is 0. The lowest BCUT2D eigenvalue weighted by Gasteiger charge is -2.30. The molecule has 0 radical (unpaired) electrons. The van der Waals surface area contributed by atoms with Crippen LogP contribution in [0.2, 0.25) is 0 Å². The van der Waals surface area contributed by atoms with Crippen molar-refractivity contribution in [3.8, 4) is 78.7 Å². The Morgan fingerprint density at radius 2 is 0.883 bits per heavy atom. The van der Waals surface area contributed by atoms with E-state index < -0.39 is 0 Å². The molecule has 1 heterocycles. The second-order valence-electron chi connectivity index (χ2n) is 15.8. The van der Waals surface area contributed by atoms with E-state index in [-0.39, 0.29) is 5.41 Å². The average molecular weight is 768 g/mol. The van der Waals surface area contributed by atoms with Gasteiger partial charge in [0, 0.05) is 16.7 Å². The van der Waals surface area contributed by atoms with Crippen LogP contribution < -0.4 is 0 Å². The SMILES string of the molecule is CC/C=C\c1cc(-c2nc(-c3ccccc3)nc(-c3ccc(-c4cccc(-c5cccc6c5-c5ccccc5C65c6ccccc6-c6ccccc65)c4)cc3)n2)ccc1C. The maximum atomic E-state index is 5.07. The summed E-state index contributed by atoms with van der Waals surface area (Å²) in [5.41, 5.74) is 20.3. The molecule has 1 aromatic heterocycles. The third-order valence-electron chi connectivity index (χ3n) is 12.4. The van der Waals surface area contributed by atoms with Crippen LogP contribution in [-0.2, 0) is 5.41 Å². The third-order valence-corrected chi connectivity index (χ3v) is 12.4. The molecule has 0 saturated heterocycles. The van der Waals surface area contributed by atoms with Crippen LogP contribution in [0.4, 0.5) is 0 Å². The van der Waals surface area contributed by atoms with Crippen molar-refractivity contribution in [1.82, 2.24) is 15.0 Å². The third kappa shape index (κ3) is 5.61. The maximum absolute atomic E-state index is 5.07. The second kappa shape index (κ2) is 14.4. The summed E-state index contributed by atoms with van der Waals surface area (Å²) in [5.74, 6) is 1.96. The number of fused-ring (bicyclic) bond motifs is 10. The van der Waals surface area contributed by atoms with E-state index in [4.69, 9.17) is 15.0 Å². The summed E-state index contributed by atoms with van der Waals surface area (Å²) in [4.78, 5) is 15.1. The minimum atomic E-state index is -0.369. The maximum Gasteiger partial charge on any atom is 0.164 e. The van der Waals surface area contributed by atoms with E-state index in [0.29, 0.717) is 17.5 Å². The summed E-state index contributed by atoms with van der Waals surface area (Å²) >= 11 is 0. The molecule has 60 heavy (non-hydrogen) atoms. The zero-order chi connectivity index (χ0) is 40.2. The molecule has 8 aromatic carbocycles. The molecule has 0 N–H and O–H groups in total. The summed E-state index contributed by atoms with van der Waals surface area (Å²) in [6, 6.07) is 68.1. The molecule has 1 spiro atoms. The molecule has 0 amide bonds. The quantitative estimate of drug-likeness (QED) is 0.162. The molecule has 2 aliphatic rings. The molecular formula is C57H41N3. The zero-order valence-corrected chi connectivity index (χ0v) is 33.6. The van der Waals surface area contributed by atoms with E-state index in [1.54, 1.807) is 0 Å². The Kier molecular flexibility index (Phi) is 8.56. The molecule has 9 aromatic rings. The Labute approximate surface area is 351 Å². The van der Waals surface area contributed by atoms with Crippen molar-refractivity contribution in [3.05, 3.63) is 228 Å². The van der Waals surface area contributed by atoms with Gasteiger partial charge >= 0.3 is 0 Å². The van der Waals surface area contributed by atoms with Gasteiger partial charge in [0.1, 0.15) is 0 Å². The lowest BCUT2D eigenvalue weighted by atomic mass is 9.70. The van der Waals surface area contributed by atoms with Crippen LogP contribution in [0.3, 0.4) is 0 Å². The van der Waals surface area contributed by atoms with Gasteiger partial charge in [-0.2, -0.15) is 0 Å². The normalized spacial score (nSPS) is 13.0. The predicted octanol–water partition coefficient (Wildman–Crippen LogP) is 14.3. The first-order chi connectivity index (χ1) is 29.6. The van der Waals surface area contributed by atoms with Crippen molar-refractivity contribution < 1.29 is 0 Å². The smallest absolute Gasteiger partial charge is 0.164 e. The molecule has 0 bridgehead atoms. The molecule has 11 rings (SSSR count). The molecular weight excluding hydrogens is 727 g/mol. The first-order valence-corrected chi connectivity index (χ1v) is 20.8. The van der Waals surface area contributed by atoms with Crippen LogP contribution in [0.25, 0.3) is 84.7 Å². The van der Waals surface area contributed by atoms with Crippen molar-refractivity contribution in [1.29, 1.82) is 0 Å². The number of aromatic nitrogens is 3. The lowest BCUT2D eigenvalue weighted by Crippen LogP contribution is -2.25. The summed E-state index contributed by atoms with van der Waals surface area (Å²) < 4.78 is 0. The Bertz CT molecular complexity index is 3090. The zero-order valence-electron chi connectivity index (χ0n) is 33.6. The average Bonchev–Trinajstić information content (AvgIpc) is 3.79. The highest BCUT2D eigenvalue weighted by molar-refractivity contribution is 6.00. The predicted molar refractivity (Wildman–Crippen MR) is 247 cm³/mol. The van der Waals surface area contributed by atoms with Crippen molar-refractivity contribution >= 4 is 6.08 Å². The van der Waals surface area contributed by atoms with E-state index in [0.717, 1.165) is 34.2 Å². The van der Waals surface area contributed by atoms with Crippen molar-refractivity contribution in [3.63, 3.8) is 0 Å². The standard InChI is InChI=1S/C57H41N3/c1-3-4-16-41-35-44(30-29-37(41)2)56-59-54(39-17-6-5-7-18-39)58-55(60-56)40-33-31-38(32-34-40)42-19-14-20-43(36-42)45-24-15-28-52-53(45)48-23-10-13-27-51(48)57(52)49-25-11-8-21-46(49)47-22-9-12-26-50(47)57/h4-36H,3H2,1-2H3/b16-4-. The molecule has 0 atom stereocenters. The number of hydrogen-bond acceptors (Lipinski definition) is 3. The molecule has 0 saturated carbocycles. The first-order valence-electron chi connectivity index (χ1n) is 20.8. The minimum absolute atomic E-state index is 0.369. The Morgan fingerprint density at radius 3 is 1.57 bits per heavy atom. The monoisotopic (exact) mass is 767 g/mol. The summed E-state index contributed by atoms with van der Waals surface area (Å²) in [7, 11) is 0. The van der Waals surface area contributed by atoms with E-state index in [2.05, 4.69) is 196 Å². The van der Waals surface area contributed by atoms with E-state index in [1.165, 1.54) is 66.8 Å². The minimum Gasteiger partial charge on any atom is -0.208 e. The molecule has 2 aliphatic carbocycles. The number of rotatable bonds is 7. The van der Waals surface area contributed by atoms with Crippen molar-refractivity contribution in [2.45, 2.75) is 25.7 Å². The van der Waals surface area contributed by atoms with Gasteiger partial charge in [0.2, 0.25) is 0 Å². The van der Waals surface area contributed by atoms with Gasteiger partial charge in [-0.1, -0.05) is 195 Å². The Hall–Kier alpha value is -7.49. The molecule has 0 aliphatic heterocycles. The summed E-state index contributed by atoms with van der Waals surface area (Å²) in [6.45, 7) is 4.29. The van der Waals surface area contributed by atoms with E-state index in [9.17, 15) is 0 Å². The Morgan fingerprint density at radius 1 is 0.400 bits per heavy atom. The molecule has 0 unspecified atom stereocenters. The summed E-state index contributed by atoms with van der Waals surface area (Å²) in [6.07, 6.45) is 5.35. The van der Waals surface area contributed by atoms with Crippen LogP contribution in [0.5, 0.6) is 0 Å². The van der Waals surface area contributed by atoms with Crippen LogP contribution in [0, 0.1) is 6.92 Å². The van der Waals surface area contributed by atoms with Gasteiger partial charge in [0.25, 0.3) is 0 Å². The number of hydrogen-bond donors (Lipinski definition) is 0. The van der Waals surface area contributed by atoms with Gasteiger partial charge in [-0.05, 0) is 103 Å². The van der Waals surface area contributed by atoms with Gasteiger partial charge < -0.3 is 0 Å². The molecule has 3 heteroatoms. The van der Waals surface area contributed by atoms with Crippen LogP contribution in [-0.4, -0.2) is 15.0 Å². The number of benzene rings is 8. The highest BCUT2D eigenvalue weighted by Crippen LogP contribution is 2.63. The highest BCUT2D eigenvalue weighted by atomic mass is 15.0. The van der Waals surface area contributed by atoms with E-state index >= 15 is 0 Å². The highest BCUT2D eigenvalue weighted by Gasteiger charge is 2.51. The van der Waals surface area contributed by atoms with Gasteiger partial charge in [-0.3, -0.25) is 0 Å². The van der Waals surface area contributed by atoms with Crippen molar-refractivity contribution in [2.75, 3.05) is 0 Å². The number of allylic oxidation sites excluding steroid dienone is 1. The fourth-order valence-corrected chi connectivity index (χ4v) is 9.62. The van der Waals surface area contributed by atoms with Gasteiger partial charge in [0.05, 0.1) is 5.41 Å². The molecule has 3 nitrogen and oxygen atoms in total. The van der Waals surface area contributed by atoms with Gasteiger partial charge in [-0.15, -0.1) is 0 Å². The van der Waals surface area contributed by atoms with Crippen LogP contribution >= 0.6 is 0 Å². The van der Waals surface area contributed by atoms with E-state index in [1.807, 2.05) is 18.2 Å². The lowest BCUT2D eigenvalue weighted by molar-refractivity contribution is 0.794. The topological polar surface area (TPSA) is 38.7 Å². The molecule has 0 fully saturated rings. The van der Waals surface area contributed by atoms with Gasteiger partial charge in [-0.25, -0.2) is 15.0 Å². The molecule has 284 valence electrons. The second-order valence-corrected chi connectivity index (χ2v) is 15.8. The van der Waals surface area contributed by atoms with Crippen LogP contribution in [0.15, 0.2) is 194 Å². The van der Waals surface area contributed by atoms with Crippen LogP contribution in [0.1, 0.15) is 46.7 Å². The van der Waals surface area contributed by atoms with Crippen molar-refractivity contribution in [2.24, 2.45) is 0 Å².